The molecular formula is C32H34N2O4. The van der Waals surface area contributed by atoms with E-state index >= 15 is 0 Å². The SMILES string of the molecule is COc1cc(/C(C)=N/OCc2ccccc2)c(N(Cc2ccccc2)C(=O)C2(C)C=CCC=C2)cc1OC. The maximum Gasteiger partial charge on any atom is 0.240 e. The fourth-order valence-corrected chi connectivity index (χ4v) is 4.43. The van der Waals surface area contributed by atoms with E-state index in [9.17, 15) is 4.79 Å². The quantitative estimate of drug-likeness (QED) is 0.173. The summed E-state index contributed by atoms with van der Waals surface area (Å²) in [6, 6.07) is 23.5. The van der Waals surface area contributed by atoms with Crippen LogP contribution in [0.5, 0.6) is 11.5 Å². The second kappa shape index (κ2) is 12.3. The van der Waals surface area contributed by atoms with E-state index in [1.54, 1.807) is 19.1 Å². The zero-order chi connectivity index (χ0) is 27.0. The minimum Gasteiger partial charge on any atom is -0.493 e. The number of hydrogen-bond acceptors (Lipinski definition) is 5. The third-order valence-electron chi connectivity index (χ3n) is 6.55. The van der Waals surface area contributed by atoms with Crippen molar-refractivity contribution in [2.75, 3.05) is 19.1 Å². The molecule has 3 aromatic rings. The van der Waals surface area contributed by atoms with Crippen molar-refractivity contribution in [3.63, 3.8) is 0 Å². The summed E-state index contributed by atoms with van der Waals surface area (Å²) in [5, 5.41) is 4.41. The van der Waals surface area contributed by atoms with Crippen LogP contribution in [0.25, 0.3) is 0 Å². The smallest absolute Gasteiger partial charge is 0.240 e. The van der Waals surface area contributed by atoms with Crippen molar-refractivity contribution in [3.8, 4) is 11.5 Å². The van der Waals surface area contributed by atoms with Crippen molar-refractivity contribution in [2.45, 2.75) is 33.4 Å². The molecule has 196 valence electrons. The number of anilines is 1. The molecule has 38 heavy (non-hydrogen) atoms. The molecule has 3 aromatic carbocycles. The van der Waals surface area contributed by atoms with Crippen LogP contribution in [0.15, 0.2) is 102 Å². The standard InChI is InChI=1S/C32H34N2O4/c1-24(33-38-23-26-16-10-6-11-17-26)27-20-29(36-3)30(37-4)21-28(27)34(22-25-14-8-5-9-15-25)31(35)32(2)18-12-7-13-19-32/h5-6,8-21H,7,22-23H2,1-4H3/b33-24+. The van der Waals surface area contributed by atoms with Gasteiger partial charge in [-0.1, -0.05) is 90.1 Å². The average molecular weight is 511 g/mol. The van der Waals surface area contributed by atoms with E-state index in [0.717, 1.165) is 17.5 Å². The predicted molar refractivity (Wildman–Crippen MR) is 152 cm³/mol. The first-order valence-corrected chi connectivity index (χ1v) is 12.6. The van der Waals surface area contributed by atoms with Gasteiger partial charge in [-0.25, -0.2) is 0 Å². The van der Waals surface area contributed by atoms with Gasteiger partial charge in [0.15, 0.2) is 11.5 Å². The minimum atomic E-state index is -0.785. The number of carbonyl (C=O) groups is 1. The Labute approximate surface area is 224 Å². The fourth-order valence-electron chi connectivity index (χ4n) is 4.43. The van der Waals surface area contributed by atoms with E-state index in [4.69, 9.17) is 14.3 Å². The van der Waals surface area contributed by atoms with Gasteiger partial charge in [0.05, 0.1) is 37.6 Å². The summed E-state index contributed by atoms with van der Waals surface area (Å²) in [5.74, 6) is 1.01. The number of allylic oxidation sites excluding steroid dienone is 2. The number of ether oxygens (including phenoxy) is 2. The van der Waals surface area contributed by atoms with Crippen molar-refractivity contribution in [2.24, 2.45) is 10.6 Å². The summed E-state index contributed by atoms with van der Waals surface area (Å²) in [6.07, 6.45) is 8.81. The van der Waals surface area contributed by atoms with Crippen molar-refractivity contribution < 1.29 is 19.1 Å². The van der Waals surface area contributed by atoms with Gasteiger partial charge < -0.3 is 19.2 Å². The highest BCUT2D eigenvalue weighted by atomic mass is 16.6. The van der Waals surface area contributed by atoms with E-state index in [1.807, 2.05) is 111 Å². The van der Waals surface area contributed by atoms with Gasteiger partial charge in [0.25, 0.3) is 0 Å². The molecule has 0 saturated carbocycles. The Morgan fingerprint density at radius 3 is 2.08 bits per heavy atom. The van der Waals surface area contributed by atoms with E-state index in [-0.39, 0.29) is 5.91 Å². The third kappa shape index (κ3) is 6.14. The molecule has 6 heteroatoms. The van der Waals surface area contributed by atoms with E-state index < -0.39 is 5.41 Å². The van der Waals surface area contributed by atoms with Crippen LogP contribution >= 0.6 is 0 Å². The first-order chi connectivity index (χ1) is 18.4. The van der Waals surface area contributed by atoms with Crippen LogP contribution in [-0.2, 0) is 22.8 Å². The summed E-state index contributed by atoms with van der Waals surface area (Å²) < 4.78 is 11.2. The third-order valence-corrected chi connectivity index (χ3v) is 6.55. The van der Waals surface area contributed by atoms with Crippen molar-refractivity contribution in [1.29, 1.82) is 0 Å². The number of benzene rings is 3. The van der Waals surface area contributed by atoms with Crippen molar-refractivity contribution >= 4 is 17.3 Å². The van der Waals surface area contributed by atoms with Crippen LogP contribution in [0, 0.1) is 5.41 Å². The molecule has 1 aliphatic carbocycles. The molecule has 6 nitrogen and oxygen atoms in total. The van der Waals surface area contributed by atoms with Crippen LogP contribution in [0.3, 0.4) is 0 Å². The highest BCUT2D eigenvalue weighted by molar-refractivity contribution is 6.09. The summed E-state index contributed by atoms with van der Waals surface area (Å²) in [5.41, 5.74) is 3.22. The predicted octanol–water partition coefficient (Wildman–Crippen LogP) is 6.70. The summed E-state index contributed by atoms with van der Waals surface area (Å²) >= 11 is 0. The lowest BCUT2D eigenvalue weighted by molar-refractivity contribution is -0.123. The first-order valence-electron chi connectivity index (χ1n) is 12.6. The Bertz CT molecular complexity index is 1320. The Balaban J connectivity index is 1.80. The second-order valence-electron chi connectivity index (χ2n) is 9.36. The van der Waals surface area contributed by atoms with E-state index in [0.29, 0.717) is 41.6 Å². The molecule has 0 fully saturated rings. The highest BCUT2D eigenvalue weighted by Crippen LogP contribution is 2.39. The van der Waals surface area contributed by atoms with Crippen molar-refractivity contribution in [3.05, 3.63) is 114 Å². The lowest BCUT2D eigenvalue weighted by atomic mass is 9.84. The molecule has 1 aliphatic rings. The second-order valence-corrected chi connectivity index (χ2v) is 9.36. The maximum atomic E-state index is 14.2. The number of hydrogen-bond donors (Lipinski definition) is 0. The lowest BCUT2D eigenvalue weighted by Gasteiger charge is -2.33. The van der Waals surface area contributed by atoms with Gasteiger partial charge in [-0.3, -0.25) is 4.79 Å². The molecule has 0 N–H and O–H groups in total. The van der Waals surface area contributed by atoms with Gasteiger partial charge >= 0.3 is 0 Å². The van der Waals surface area contributed by atoms with Crippen LogP contribution in [0.4, 0.5) is 5.69 Å². The Morgan fingerprint density at radius 1 is 0.895 bits per heavy atom. The summed E-state index contributed by atoms with van der Waals surface area (Å²) in [4.78, 5) is 21.7. The maximum absolute atomic E-state index is 14.2. The van der Waals surface area contributed by atoms with Crippen molar-refractivity contribution in [1.82, 2.24) is 0 Å². The largest absolute Gasteiger partial charge is 0.493 e. The molecule has 0 radical (unpaired) electrons. The highest BCUT2D eigenvalue weighted by Gasteiger charge is 2.35. The number of nitrogens with zero attached hydrogens (tertiary/aromatic N) is 2. The molecular weight excluding hydrogens is 476 g/mol. The van der Waals surface area contributed by atoms with E-state index in [2.05, 4.69) is 5.16 Å². The van der Waals surface area contributed by atoms with Crippen LogP contribution in [0.1, 0.15) is 37.0 Å². The molecule has 4 rings (SSSR count). The van der Waals surface area contributed by atoms with Gasteiger partial charge in [-0.15, -0.1) is 0 Å². The monoisotopic (exact) mass is 510 g/mol. The Hall–Kier alpha value is -4.32. The average Bonchev–Trinajstić information content (AvgIpc) is 2.96. The summed E-state index contributed by atoms with van der Waals surface area (Å²) in [7, 11) is 3.17. The molecule has 0 aromatic heterocycles. The molecule has 1 amide bonds. The topological polar surface area (TPSA) is 60.4 Å². The Morgan fingerprint density at radius 2 is 1.47 bits per heavy atom. The molecule has 0 spiro atoms. The van der Waals surface area contributed by atoms with Gasteiger partial charge in [0, 0.05) is 11.6 Å². The van der Waals surface area contributed by atoms with Gasteiger partial charge in [-0.2, -0.15) is 0 Å². The summed E-state index contributed by atoms with van der Waals surface area (Å²) in [6.45, 7) is 4.51. The molecule has 0 aliphatic heterocycles. The van der Waals surface area contributed by atoms with Gasteiger partial charge in [0.1, 0.15) is 6.61 Å². The number of amides is 1. The number of rotatable bonds is 10. The molecule has 0 atom stereocenters. The Kier molecular flexibility index (Phi) is 8.64. The first kappa shape index (κ1) is 26.7. The fraction of sp³-hybridized carbons (Fsp3) is 0.250. The zero-order valence-electron chi connectivity index (χ0n) is 22.4. The van der Waals surface area contributed by atoms with Crippen LogP contribution in [0.2, 0.25) is 0 Å². The number of methoxy groups -OCH3 is 2. The molecule has 0 saturated heterocycles. The van der Waals surface area contributed by atoms with E-state index in [1.165, 1.54) is 0 Å². The molecule has 0 heterocycles. The van der Waals surface area contributed by atoms with Gasteiger partial charge in [-0.05, 0) is 37.5 Å². The molecule has 0 bridgehead atoms. The van der Waals surface area contributed by atoms with Crippen LogP contribution < -0.4 is 14.4 Å². The normalized spacial score (nSPS) is 14.2. The minimum absolute atomic E-state index is 0.0555. The number of carbonyl (C=O) groups excluding carboxylic acids is 1. The molecule has 0 unspecified atom stereocenters. The van der Waals surface area contributed by atoms with Gasteiger partial charge in [0.2, 0.25) is 5.91 Å². The number of oxime groups is 1. The lowest BCUT2D eigenvalue weighted by Crippen LogP contribution is -2.41. The zero-order valence-corrected chi connectivity index (χ0v) is 22.4. The van der Waals surface area contributed by atoms with Crippen LogP contribution in [-0.4, -0.2) is 25.8 Å².